The van der Waals surface area contributed by atoms with Gasteiger partial charge in [0.25, 0.3) is 0 Å². The molecule has 0 radical (unpaired) electrons. The fraction of sp³-hybridized carbons (Fsp3) is 0.500. The molecule has 0 aliphatic heterocycles. The van der Waals surface area contributed by atoms with Gasteiger partial charge in [0.1, 0.15) is 5.60 Å². The van der Waals surface area contributed by atoms with Crippen LogP contribution in [0.2, 0.25) is 0 Å². The highest BCUT2D eigenvalue weighted by Gasteiger charge is 2.28. The molecule has 90 valence electrons. The highest BCUT2D eigenvalue weighted by Crippen LogP contribution is 2.29. The first-order valence-corrected chi connectivity index (χ1v) is 5.72. The van der Waals surface area contributed by atoms with Crippen LogP contribution < -0.4 is 0 Å². The van der Waals surface area contributed by atoms with E-state index in [1.165, 1.54) is 0 Å². The molecule has 1 nitrogen and oxygen atoms in total. The summed E-state index contributed by atoms with van der Waals surface area (Å²) in [5.41, 5.74) is -5.33. The normalized spacial score (nSPS) is 16.9. The lowest BCUT2D eigenvalue weighted by molar-refractivity contribution is -0.0318. The minimum atomic E-state index is -4.36. The zero-order valence-electron chi connectivity index (χ0n) is 8.82. The van der Waals surface area contributed by atoms with Crippen LogP contribution in [0.5, 0.6) is 0 Å². The van der Waals surface area contributed by atoms with Gasteiger partial charge in [0.05, 0.1) is 0 Å². The molecule has 1 rings (SSSR count). The molecule has 1 fully saturated rings. The third-order valence-corrected chi connectivity index (χ3v) is 2.57. The lowest BCUT2D eigenvalue weighted by Crippen LogP contribution is -2.20. The van der Waals surface area contributed by atoms with Gasteiger partial charge in [0.15, 0.2) is 0 Å². The van der Waals surface area contributed by atoms with Gasteiger partial charge in [-0.2, -0.15) is 13.2 Å². The Hall–Kier alpha value is -1.22. The molecular formula is C12H9F3OS. The third kappa shape index (κ3) is 6.17. The average Bonchev–Trinajstić information content (AvgIpc) is 2.62. The maximum atomic E-state index is 11.6. The SMILES string of the molecule is OC1(C#CC#CC#CSC(F)(F)F)CCCC1. The number of thioether (sulfide) groups is 1. The molecule has 0 spiro atoms. The summed E-state index contributed by atoms with van der Waals surface area (Å²) >= 11 is -0.445. The Balaban J connectivity index is 2.44. The van der Waals surface area contributed by atoms with Crippen LogP contribution >= 0.6 is 11.8 Å². The summed E-state index contributed by atoms with van der Waals surface area (Å²) in [5, 5.41) is 11.6. The molecule has 0 aromatic carbocycles. The molecule has 0 amide bonds. The number of hydrogen-bond acceptors (Lipinski definition) is 2. The number of alkyl halides is 3. The van der Waals surface area contributed by atoms with E-state index in [1.54, 1.807) is 5.25 Å². The highest BCUT2D eigenvalue weighted by molar-refractivity contribution is 8.04. The molecular weight excluding hydrogens is 249 g/mol. The number of hydrogen-bond donors (Lipinski definition) is 1. The van der Waals surface area contributed by atoms with E-state index in [0.29, 0.717) is 12.8 Å². The van der Waals surface area contributed by atoms with E-state index < -0.39 is 22.9 Å². The summed E-state index contributed by atoms with van der Waals surface area (Å²) in [4.78, 5) is 0. The van der Waals surface area contributed by atoms with Gasteiger partial charge < -0.3 is 5.11 Å². The van der Waals surface area contributed by atoms with Crippen molar-refractivity contribution in [2.45, 2.75) is 36.8 Å². The first-order valence-electron chi connectivity index (χ1n) is 4.91. The van der Waals surface area contributed by atoms with Crippen LogP contribution in [0.4, 0.5) is 13.2 Å². The van der Waals surface area contributed by atoms with Gasteiger partial charge in [0, 0.05) is 11.8 Å². The second kappa shape index (κ2) is 5.92. The van der Waals surface area contributed by atoms with Gasteiger partial charge in [-0.05, 0) is 54.6 Å². The Bertz CT molecular complexity index is 442. The van der Waals surface area contributed by atoms with Crippen LogP contribution in [-0.4, -0.2) is 16.2 Å². The summed E-state index contributed by atoms with van der Waals surface area (Å²) < 4.78 is 34.9. The Labute approximate surface area is 102 Å². The Morgan fingerprint density at radius 3 is 2.18 bits per heavy atom. The molecule has 1 N–H and O–H groups in total. The van der Waals surface area contributed by atoms with E-state index in [2.05, 4.69) is 23.7 Å². The first kappa shape index (κ1) is 13.8. The number of aliphatic hydroxyl groups is 1. The van der Waals surface area contributed by atoms with E-state index >= 15 is 0 Å². The summed E-state index contributed by atoms with van der Waals surface area (Å²) in [6.45, 7) is 0. The molecule has 1 aliphatic carbocycles. The summed E-state index contributed by atoms with van der Waals surface area (Å²) in [5.74, 6) is 11.5. The topological polar surface area (TPSA) is 20.2 Å². The molecule has 0 unspecified atom stereocenters. The second-order valence-electron chi connectivity index (χ2n) is 3.51. The van der Waals surface area contributed by atoms with Crippen LogP contribution in [0.15, 0.2) is 0 Å². The molecule has 1 saturated carbocycles. The van der Waals surface area contributed by atoms with Crippen molar-refractivity contribution in [3.63, 3.8) is 0 Å². The lowest BCUT2D eigenvalue weighted by Gasteiger charge is -2.11. The van der Waals surface area contributed by atoms with Crippen LogP contribution in [0.3, 0.4) is 0 Å². The Morgan fingerprint density at radius 2 is 1.59 bits per heavy atom. The number of rotatable bonds is 0. The lowest BCUT2D eigenvalue weighted by atomic mass is 10.0. The zero-order valence-corrected chi connectivity index (χ0v) is 9.63. The molecule has 5 heteroatoms. The van der Waals surface area contributed by atoms with E-state index in [1.807, 2.05) is 5.92 Å². The van der Waals surface area contributed by atoms with Gasteiger partial charge in [-0.1, -0.05) is 5.92 Å². The van der Waals surface area contributed by atoms with Gasteiger partial charge in [-0.15, -0.1) is 0 Å². The minimum Gasteiger partial charge on any atom is -0.378 e. The van der Waals surface area contributed by atoms with Crippen LogP contribution in [0, 0.1) is 34.9 Å². The van der Waals surface area contributed by atoms with Crippen molar-refractivity contribution in [2.75, 3.05) is 0 Å². The molecule has 0 atom stereocenters. The molecule has 17 heavy (non-hydrogen) atoms. The van der Waals surface area contributed by atoms with E-state index in [-0.39, 0.29) is 0 Å². The van der Waals surface area contributed by atoms with Crippen molar-refractivity contribution < 1.29 is 18.3 Å². The highest BCUT2D eigenvalue weighted by atomic mass is 32.2. The molecule has 0 bridgehead atoms. The maximum absolute atomic E-state index is 11.6. The third-order valence-electron chi connectivity index (χ3n) is 2.13. The van der Waals surface area contributed by atoms with Crippen molar-refractivity contribution >= 4 is 11.8 Å². The fourth-order valence-electron chi connectivity index (χ4n) is 1.40. The van der Waals surface area contributed by atoms with E-state index in [9.17, 15) is 18.3 Å². The standard InChI is InChI=1S/C12H9F3OS/c13-12(14,15)17-10-6-2-1-3-7-11(16)8-4-5-9-11/h16H,4-5,8-9H2. The fourth-order valence-corrected chi connectivity index (χ4v) is 1.62. The summed E-state index contributed by atoms with van der Waals surface area (Å²) in [6, 6.07) is 0. The molecule has 1 aliphatic rings. The van der Waals surface area contributed by atoms with Crippen LogP contribution in [0.1, 0.15) is 25.7 Å². The predicted octanol–water partition coefficient (Wildman–Crippen LogP) is 2.51. The Kier molecular flexibility index (Phi) is 4.82. The van der Waals surface area contributed by atoms with Crippen molar-refractivity contribution in [2.24, 2.45) is 0 Å². The quantitative estimate of drug-likeness (QED) is 0.674. The largest absolute Gasteiger partial charge is 0.453 e. The molecule has 0 heterocycles. The molecule has 0 aromatic heterocycles. The van der Waals surface area contributed by atoms with Gasteiger partial charge in [-0.25, -0.2) is 0 Å². The smallest absolute Gasteiger partial charge is 0.378 e. The average molecular weight is 258 g/mol. The van der Waals surface area contributed by atoms with Crippen LogP contribution in [0.25, 0.3) is 0 Å². The minimum absolute atomic E-state index is 0.445. The van der Waals surface area contributed by atoms with Crippen molar-refractivity contribution in [3.8, 4) is 34.9 Å². The maximum Gasteiger partial charge on any atom is 0.453 e. The van der Waals surface area contributed by atoms with Crippen LogP contribution in [-0.2, 0) is 0 Å². The zero-order chi connectivity index (χ0) is 12.8. The van der Waals surface area contributed by atoms with E-state index in [0.717, 1.165) is 12.8 Å². The van der Waals surface area contributed by atoms with Gasteiger partial charge in [0.2, 0.25) is 0 Å². The van der Waals surface area contributed by atoms with Crippen molar-refractivity contribution in [1.29, 1.82) is 0 Å². The van der Waals surface area contributed by atoms with Gasteiger partial charge >= 0.3 is 5.51 Å². The number of halogens is 3. The van der Waals surface area contributed by atoms with Crippen molar-refractivity contribution in [1.82, 2.24) is 0 Å². The second-order valence-corrected chi connectivity index (χ2v) is 4.38. The monoisotopic (exact) mass is 258 g/mol. The van der Waals surface area contributed by atoms with E-state index in [4.69, 9.17) is 0 Å². The molecule has 0 saturated heterocycles. The van der Waals surface area contributed by atoms with Crippen molar-refractivity contribution in [3.05, 3.63) is 0 Å². The molecule has 0 aromatic rings. The summed E-state index contributed by atoms with van der Waals surface area (Å²) in [7, 11) is 0. The first-order chi connectivity index (χ1) is 7.91. The van der Waals surface area contributed by atoms with Gasteiger partial charge in [-0.3, -0.25) is 0 Å². The Morgan fingerprint density at radius 1 is 1.00 bits per heavy atom. The predicted molar refractivity (Wildman–Crippen MR) is 60.4 cm³/mol. The summed E-state index contributed by atoms with van der Waals surface area (Å²) in [6.07, 6.45) is 3.11.